The van der Waals surface area contributed by atoms with Crippen LogP contribution in [0.25, 0.3) is 11.2 Å². The van der Waals surface area contributed by atoms with E-state index in [-0.39, 0.29) is 5.56 Å². The first-order chi connectivity index (χ1) is 7.65. The van der Waals surface area contributed by atoms with Crippen LogP contribution in [0.5, 0.6) is 0 Å². The highest BCUT2D eigenvalue weighted by Gasteiger charge is 2.09. The quantitative estimate of drug-likeness (QED) is 0.652. The average Bonchev–Trinajstić information content (AvgIpc) is 2.66. The molecule has 6 heteroatoms. The normalized spacial score (nSPS) is 10.1. The standard InChI is InChI=1S/C10H10N4O2/c1-3-4-5-14-6-11-8-7(14)9(15)13(2)10(16)12-8/h6H,5H2,1-2H3,(H,12,16). The van der Waals surface area contributed by atoms with Crippen LogP contribution in [0.4, 0.5) is 0 Å². The van der Waals surface area contributed by atoms with Crippen LogP contribution in [0.3, 0.4) is 0 Å². The van der Waals surface area contributed by atoms with Gasteiger partial charge in [0.25, 0.3) is 5.56 Å². The lowest BCUT2D eigenvalue weighted by atomic mass is 10.5. The van der Waals surface area contributed by atoms with E-state index < -0.39 is 5.69 Å². The number of nitrogens with zero attached hydrogens (tertiary/aromatic N) is 3. The van der Waals surface area contributed by atoms with E-state index in [0.29, 0.717) is 17.7 Å². The maximum Gasteiger partial charge on any atom is 0.329 e. The Morgan fingerprint density at radius 1 is 1.50 bits per heavy atom. The van der Waals surface area contributed by atoms with Crippen molar-refractivity contribution >= 4 is 11.2 Å². The second-order valence-corrected chi connectivity index (χ2v) is 3.29. The predicted octanol–water partition coefficient (Wildman–Crippen LogP) is -0.553. The Balaban J connectivity index is 2.80. The van der Waals surface area contributed by atoms with E-state index >= 15 is 0 Å². The molecule has 2 aromatic rings. The summed E-state index contributed by atoms with van der Waals surface area (Å²) in [6, 6.07) is 0. The molecule has 0 aliphatic carbocycles. The lowest BCUT2D eigenvalue weighted by Gasteiger charge is -1.99. The van der Waals surface area contributed by atoms with Crippen molar-refractivity contribution in [1.82, 2.24) is 19.1 Å². The van der Waals surface area contributed by atoms with Crippen LogP contribution in [0, 0.1) is 11.8 Å². The molecule has 0 amide bonds. The average molecular weight is 218 g/mol. The lowest BCUT2D eigenvalue weighted by Crippen LogP contribution is -2.33. The highest BCUT2D eigenvalue weighted by atomic mass is 16.2. The van der Waals surface area contributed by atoms with Crippen LogP contribution in [0.2, 0.25) is 0 Å². The highest BCUT2D eigenvalue weighted by molar-refractivity contribution is 5.69. The van der Waals surface area contributed by atoms with Gasteiger partial charge in [-0.15, -0.1) is 5.92 Å². The summed E-state index contributed by atoms with van der Waals surface area (Å²) in [6.07, 6.45) is 1.49. The molecule has 0 aliphatic rings. The molecule has 2 aromatic heterocycles. The smallest absolute Gasteiger partial charge is 0.313 e. The van der Waals surface area contributed by atoms with Crippen molar-refractivity contribution in [3.05, 3.63) is 27.2 Å². The number of fused-ring (bicyclic) bond motifs is 1. The number of nitrogens with one attached hydrogen (secondary N) is 1. The minimum absolute atomic E-state index is 0.297. The van der Waals surface area contributed by atoms with Crippen molar-refractivity contribution in [2.24, 2.45) is 7.05 Å². The molecule has 0 spiro atoms. The van der Waals surface area contributed by atoms with E-state index in [1.54, 1.807) is 11.5 Å². The van der Waals surface area contributed by atoms with Crippen molar-refractivity contribution in [3.8, 4) is 11.8 Å². The molecule has 0 radical (unpaired) electrons. The second kappa shape index (κ2) is 3.70. The van der Waals surface area contributed by atoms with Gasteiger partial charge in [-0.1, -0.05) is 5.92 Å². The van der Waals surface area contributed by atoms with Crippen molar-refractivity contribution < 1.29 is 0 Å². The minimum Gasteiger partial charge on any atom is -0.313 e. The summed E-state index contributed by atoms with van der Waals surface area (Å²) in [5.74, 6) is 5.57. The van der Waals surface area contributed by atoms with Gasteiger partial charge in [0.05, 0.1) is 12.9 Å². The van der Waals surface area contributed by atoms with Crippen molar-refractivity contribution in [2.45, 2.75) is 13.5 Å². The molecule has 0 bridgehead atoms. The Hall–Kier alpha value is -2.29. The highest BCUT2D eigenvalue weighted by Crippen LogP contribution is 2.01. The fourth-order valence-corrected chi connectivity index (χ4v) is 1.42. The third-order valence-electron chi connectivity index (χ3n) is 2.30. The first kappa shape index (κ1) is 10.2. The van der Waals surface area contributed by atoms with Gasteiger partial charge >= 0.3 is 5.69 Å². The summed E-state index contributed by atoms with van der Waals surface area (Å²) in [5, 5.41) is 0. The van der Waals surface area contributed by atoms with Gasteiger partial charge in [0.1, 0.15) is 0 Å². The summed E-state index contributed by atoms with van der Waals surface area (Å²) in [5.41, 5.74) is -0.172. The third kappa shape index (κ3) is 1.42. The van der Waals surface area contributed by atoms with Gasteiger partial charge in [-0.05, 0) is 6.92 Å². The molecule has 1 N–H and O–H groups in total. The Bertz CT molecular complexity index is 708. The summed E-state index contributed by atoms with van der Waals surface area (Å²) in [7, 11) is 1.42. The van der Waals surface area contributed by atoms with Crippen LogP contribution in [-0.4, -0.2) is 19.1 Å². The molecule has 0 atom stereocenters. The Morgan fingerprint density at radius 2 is 2.25 bits per heavy atom. The lowest BCUT2D eigenvalue weighted by molar-refractivity contribution is 0.776. The van der Waals surface area contributed by atoms with Crippen LogP contribution < -0.4 is 11.2 Å². The number of hydrogen-bond donors (Lipinski definition) is 1. The zero-order valence-corrected chi connectivity index (χ0v) is 8.94. The minimum atomic E-state index is -0.468. The fraction of sp³-hybridized carbons (Fsp3) is 0.300. The van der Waals surface area contributed by atoms with E-state index in [2.05, 4.69) is 21.8 Å². The van der Waals surface area contributed by atoms with Crippen LogP contribution >= 0.6 is 0 Å². The van der Waals surface area contributed by atoms with Crippen LogP contribution in [0.1, 0.15) is 6.92 Å². The second-order valence-electron chi connectivity index (χ2n) is 3.29. The number of rotatable bonds is 1. The third-order valence-corrected chi connectivity index (χ3v) is 2.30. The monoisotopic (exact) mass is 218 g/mol. The fourth-order valence-electron chi connectivity index (χ4n) is 1.42. The van der Waals surface area contributed by atoms with Gasteiger partial charge in [0, 0.05) is 7.05 Å². The summed E-state index contributed by atoms with van der Waals surface area (Å²) in [4.78, 5) is 29.6. The van der Waals surface area contributed by atoms with Gasteiger partial charge < -0.3 is 4.57 Å². The molecule has 0 aliphatic heterocycles. The van der Waals surface area contributed by atoms with Gasteiger partial charge in [0.15, 0.2) is 11.2 Å². The zero-order chi connectivity index (χ0) is 11.7. The Labute approximate surface area is 90.5 Å². The van der Waals surface area contributed by atoms with Crippen molar-refractivity contribution in [2.75, 3.05) is 0 Å². The number of aromatic amines is 1. The Morgan fingerprint density at radius 3 is 2.94 bits per heavy atom. The topological polar surface area (TPSA) is 72.7 Å². The summed E-state index contributed by atoms with van der Waals surface area (Å²) < 4.78 is 2.63. The zero-order valence-electron chi connectivity index (χ0n) is 8.94. The van der Waals surface area contributed by atoms with Gasteiger partial charge in [0.2, 0.25) is 0 Å². The first-order valence-electron chi connectivity index (χ1n) is 4.69. The predicted molar refractivity (Wildman–Crippen MR) is 59.0 cm³/mol. The van der Waals surface area contributed by atoms with Gasteiger partial charge in [-0.3, -0.25) is 14.3 Å². The van der Waals surface area contributed by atoms with Crippen molar-refractivity contribution in [3.63, 3.8) is 0 Å². The largest absolute Gasteiger partial charge is 0.329 e. The SMILES string of the molecule is CC#CCn1cnc2[nH]c(=O)n(C)c(=O)c21. The molecule has 0 fully saturated rings. The number of H-pyrrole nitrogens is 1. The number of hydrogen-bond acceptors (Lipinski definition) is 3. The molecular formula is C10H10N4O2. The van der Waals surface area contributed by atoms with Gasteiger partial charge in [-0.2, -0.15) is 0 Å². The molecule has 0 saturated heterocycles. The summed E-state index contributed by atoms with van der Waals surface area (Å²) in [6.45, 7) is 2.10. The molecule has 16 heavy (non-hydrogen) atoms. The maximum atomic E-state index is 11.8. The molecule has 6 nitrogen and oxygen atoms in total. The molecule has 0 saturated carbocycles. The molecule has 2 rings (SSSR count). The van der Waals surface area contributed by atoms with Crippen LogP contribution in [0.15, 0.2) is 15.9 Å². The van der Waals surface area contributed by atoms with Gasteiger partial charge in [-0.25, -0.2) is 9.78 Å². The van der Waals surface area contributed by atoms with Crippen molar-refractivity contribution in [1.29, 1.82) is 0 Å². The number of aromatic nitrogens is 4. The number of imidazole rings is 1. The van der Waals surface area contributed by atoms with Crippen LogP contribution in [-0.2, 0) is 13.6 Å². The maximum absolute atomic E-state index is 11.8. The van der Waals surface area contributed by atoms with E-state index in [0.717, 1.165) is 4.57 Å². The summed E-state index contributed by atoms with van der Waals surface area (Å²) >= 11 is 0. The molecule has 0 unspecified atom stereocenters. The Kier molecular flexibility index (Phi) is 2.37. The van der Waals surface area contributed by atoms with E-state index in [4.69, 9.17) is 0 Å². The van der Waals surface area contributed by atoms with E-state index in [1.807, 2.05) is 0 Å². The first-order valence-corrected chi connectivity index (χ1v) is 4.69. The van der Waals surface area contributed by atoms with E-state index in [9.17, 15) is 9.59 Å². The van der Waals surface area contributed by atoms with E-state index in [1.165, 1.54) is 13.4 Å². The molecule has 0 aromatic carbocycles. The molecular weight excluding hydrogens is 208 g/mol. The molecule has 82 valence electrons. The molecule has 2 heterocycles.